The van der Waals surface area contributed by atoms with Gasteiger partial charge < -0.3 is 9.55 Å². The van der Waals surface area contributed by atoms with Gasteiger partial charge in [0.2, 0.25) is 0 Å². The SMILES string of the molecule is Fc1cccc(CCn2c(=S)[nH]c3c(Cl)cccc32)c1. The van der Waals surface area contributed by atoms with E-state index in [0.717, 1.165) is 16.6 Å². The van der Waals surface area contributed by atoms with Crippen molar-refractivity contribution < 1.29 is 4.39 Å². The number of benzene rings is 2. The Hall–Kier alpha value is -1.65. The van der Waals surface area contributed by atoms with Crippen LogP contribution in [0.15, 0.2) is 42.5 Å². The van der Waals surface area contributed by atoms with Gasteiger partial charge in [0.25, 0.3) is 0 Å². The zero-order chi connectivity index (χ0) is 14.1. The molecule has 0 aliphatic rings. The Morgan fingerprint density at radius 3 is 2.80 bits per heavy atom. The summed E-state index contributed by atoms with van der Waals surface area (Å²) in [6.07, 6.45) is 0.714. The molecule has 1 heterocycles. The largest absolute Gasteiger partial charge is 0.329 e. The number of rotatable bonds is 3. The van der Waals surface area contributed by atoms with Crippen LogP contribution in [0.5, 0.6) is 0 Å². The molecule has 3 aromatic rings. The van der Waals surface area contributed by atoms with Gasteiger partial charge in [-0.05, 0) is 48.5 Å². The van der Waals surface area contributed by atoms with Crippen LogP contribution < -0.4 is 0 Å². The molecule has 0 aliphatic heterocycles. The average molecular weight is 307 g/mol. The molecule has 3 rings (SSSR count). The zero-order valence-corrected chi connectivity index (χ0v) is 12.1. The topological polar surface area (TPSA) is 20.7 Å². The van der Waals surface area contributed by atoms with Crippen molar-refractivity contribution in [2.24, 2.45) is 0 Å². The van der Waals surface area contributed by atoms with Gasteiger partial charge in [-0.25, -0.2) is 4.39 Å². The van der Waals surface area contributed by atoms with E-state index in [1.807, 2.05) is 28.8 Å². The molecular weight excluding hydrogens is 295 g/mol. The summed E-state index contributed by atoms with van der Waals surface area (Å²) in [7, 11) is 0. The molecule has 2 nitrogen and oxygen atoms in total. The maximum absolute atomic E-state index is 13.2. The van der Waals surface area contributed by atoms with Crippen LogP contribution in [0, 0.1) is 10.6 Å². The number of imidazole rings is 1. The van der Waals surface area contributed by atoms with Crippen molar-refractivity contribution >= 4 is 34.9 Å². The lowest BCUT2D eigenvalue weighted by Crippen LogP contribution is -2.01. The highest BCUT2D eigenvalue weighted by Gasteiger charge is 2.07. The summed E-state index contributed by atoms with van der Waals surface area (Å²) in [5.41, 5.74) is 2.76. The van der Waals surface area contributed by atoms with Gasteiger partial charge in [-0.3, -0.25) is 0 Å². The molecule has 0 amide bonds. The summed E-state index contributed by atoms with van der Waals surface area (Å²) >= 11 is 11.5. The second-order valence-electron chi connectivity index (χ2n) is 4.60. The molecule has 0 fully saturated rings. The molecule has 1 N–H and O–H groups in total. The normalized spacial score (nSPS) is 11.1. The van der Waals surface area contributed by atoms with Crippen LogP contribution in [0.2, 0.25) is 5.02 Å². The van der Waals surface area contributed by atoms with E-state index in [9.17, 15) is 4.39 Å². The van der Waals surface area contributed by atoms with Crippen molar-refractivity contribution in [3.8, 4) is 0 Å². The van der Waals surface area contributed by atoms with Crippen LogP contribution in [0.4, 0.5) is 4.39 Å². The van der Waals surface area contributed by atoms with Crippen molar-refractivity contribution in [3.05, 3.63) is 63.6 Å². The Balaban J connectivity index is 1.93. The number of fused-ring (bicyclic) bond motifs is 1. The maximum atomic E-state index is 13.2. The molecule has 0 bridgehead atoms. The fourth-order valence-corrected chi connectivity index (χ4v) is 2.81. The van der Waals surface area contributed by atoms with E-state index in [1.54, 1.807) is 12.1 Å². The van der Waals surface area contributed by atoms with Crippen LogP contribution in [0.3, 0.4) is 0 Å². The van der Waals surface area contributed by atoms with Crippen LogP contribution in [0.1, 0.15) is 5.56 Å². The van der Waals surface area contributed by atoms with Crippen LogP contribution >= 0.6 is 23.8 Å². The van der Waals surface area contributed by atoms with E-state index >= 15 is 0 Å². The number of H-pyrrole nitrogens is 1. The molecule has 0 aliphatic carbocycles. The van der Waals surface area contributed by atoms with Gasteiger partial charge in [-0.15, -0.1) is 0 Å². The van der Waals surface area contributed by atoms with E-state index in [2.05, 4.69) is 4.98 Å². The fourth-order valence-electron chi connectivity index (χ4n) is 2.30. The molecule has 20 heavy (non-hydrogen) atoms. The first-order valence-electron chi connectivity index (χ1n) is 6.26. The monoisotopic (exact) mass is 306 g/mol. The van der Waals surface area contributed by atoms with E-state index in [4.69, 9.17) is 23.8 Å². The summed E-state index contributed by atoms with van der Waals surface area (Å²) in [5.74, 6) is -0.215. The van der Waals surface area contributed by atoms with Crippen LogP contribution in [0.25, 0.3) is 11.0 Å². The summed E-state index contributed by atoms with van der Waals surface area (Å²) in [5, 5.41) is 0.651. The number of aromatic nitrogens is 2. The van der Waals surface area contributed by atoms with E-state index in [-0.39, 0.29) is 5.82 Å². The van der Waals surface area contributed by atoms with Crippen molar-refractivity contribution in [2.45, 2.75) is 13.0 Å². The van der Waals surface area contributed by atoms with Gasteiger partial charge in [0, 0.05) is 6.54 Å². The molecule has 102 valence electrons. The Morgan fingerprint density at radius 2 is 2.00 bits per heavy atom. The predicted octanol–water partition coefficient (Wildman–Crippen LogP) is 4.73. The third-order valence-electron chi connectivity index (χ3n) is 3.27. The minimum atomic E-state index is -0.215. The summed E-state index contributed by atoms with van der Waals surface area (Å²) in [4.78, 5) is 3.11. The van der Waals surface area contributed by atoms with E-state index in [0.29, 0.717) is 22.8 Å². The van der Waals surface area contributed by atoms with E-state index in [1.165, 1.54) is 6.07 Å². The lowest BCUT2D eigenvalue weighted by molar-refractivity contribution is 0.622. The first kappa shape index (κ1) is 13.3. The number of halogens is 2. The first-order chi connectivity index (χ1) is 9.65. The van der Waals surface area contributed by atoms with Crippen LogP contribution in [-0.4, -0.2) is 9.55 Å². The summed E-state index contributed by atoms with van der Waals surface area (Å²) in [6.45, 7) is 0.683. The number of aromatic amines is 1. The highest BCUT2D eigenvalue weighted by molar-refractivity contribution is 7.71. The molecule has 0 spiro atoms. The molecule has 5 heteroatoms. The fraction of sp³-hybridized carbons (Fsp3) is 0.133. The van der Waals surface area contributed by atoms with Crippen molar-refractivity contribution in [1.82, 2.24) is 9.55 Å². The second kappa shape index (κ2) is 5.38. The van der Waals surface area contributed by atoms with Gasteiger partial charge in [0.15, 0.2) is 4.77 Å². The third kappa shape index (κ3) is 2.49. The Bertz CT molecular complexity index is 822. The second-order valence-corrected chi connectivity index (χ2v) is 5.39. The number of hydrogen-bond acceptors (Lipinski definition) is 1. The predicted molar refractivity (Wildman–Crippen MR) is 82.2 cm³/mol. The number of hydrogen-bond donors (Lipinski definition) is 1. The standard InChI is InChI=1S/C15H12ClFN2S/c16-12-5-2-6-13-14(12)18-15(20)19(13)8-7-10-3-1-4-11(17)9-10/h1-6,9H,7-8H2,(H,18,20). The van der Waals surface area contributed by atoms with Gasteiger partial charge in [-0.1, -0.05) is 29.8 Å². The molecule has 0 saturated carbocycles. The van der Waals surface area contributed by atoms with E-state index < -0.39 is 0 Å². The molecule has 2 aromatic carbocycles. The quantitative estimate of drug-likeness (QED) is 0.694. The maximum Gasteiger partial charge on any atom is 0.178 e. The van der Waals surface area contributed by atoms with Gasteiger partial charge in [0.1, 0.15) is 5.82 Å². The first-order valence-corrected chi connectivity index (χ1v) is 7.05. The Kier molecular flexibility index (Phi) is 3.59. The number of nitrogens with zero attached hydrogens (tertiary/aromatic N) is 1. The number of aryl methyl sites for hydroxylation is 2. The lowest BCUT2D eigenvalue weighted by atomic mass is 10.1. The molecule has 1 aromatic heterocycles. The zero-order valence-electron chi connectivity index (χ0n) is 10.6. The Labute approximate surface area is 125 Å². The minimum Gasteiger partial charge on any atom is -0.329 e. The van der Waals surface area contributed by atoms with Gasteiger partial charge in [0.05, 0.1) is 16.1 Å². The van der Waals surface area contributed by atoms with Gasteiger partial charge >= 0.3 is 0 Å². The highest BCUT2D eigenvalue weighted by atomic mass is 35.5. The van der Waals surface area contributed by atoms with Crippen molar-refractivity contribution in [2.75, 3.05) is 0 Å². The molecule has 0 atom stereocenters. The third-order valence-corrected chi connectivity index (χ3v) is 3.91. The minimum absolute atomic E-state index is 0.215. The number of para-hydroxylation sites is 1. The molecule has 0 saturated heterocycles. The lowest BCUT2D eigenvalue weighted by Gasteiger charge is -2.05. The van der Waals surface area contributed by atoms with Crippen LogP contribution in [-0.2, 0) is 13.0 Å². The molecule has 0 radical (unpaired) electrons. The number of nitrogens with one attached hydrogen (secondary N) is 1. The molecular formula is C15H12ClFN2S. The van der Waals surface area contributed by atoms with Crippen molar-refractivity contribution in [3.63, 3.8) is 0 Å². The smallest absolute Gasteiger partial charge is 0.178 e. The Morgan fingerprint density at radius 1 is 1.20 bits per heavy atom. The molecule has 0 unspecified atom stereocenters. The highest BCUT2D eigenvalue weighted by Crippen LogP contribution is 2.22. The summed E-state index contributed by atoms with van der Waals surface area (Å²) in [6, 6.07) is 12.3. The van der Waals surface area contributed by atoms with Crippen molar-refractivity contribution in [1.29, 1.82) is 0 Å². The average Bonchev–Trinajstić information content (AvgIpc) is 2.74. The summed E-state index contributed by atoms with van der Waals surface area (Å²) < 4.78 is 15.8. The van der Waals surface area contributed by atoms with Gasteiger partial charge in [-0.2, -0.15) is 0 Å².